The van der Waals surface area contributed by atoms with E-state index >= 15 is 0 Å². The first-order valence-corrected chi connectivity index (χ1v) is 15.3. The summed E-state index contributed by atoms with van der Waals surface area (Å²) in [6.45, 7) is 8.25. The second-order valence-electron chi connectivity index (χ2n) is 11.8. The fourth-order valence-electron chi connectivity index (χ4n) is 6.11. The number of piperazine rings is 1. The molecular weight excluding hydrogens is 573 g/mol. The summed E-state index contributed by atoms with van der Waals surface area (Å²) >= 11 is 0. The van der Waals surface area contributed by atoms with E-state index in [1.165, 1.54) is 6.07 Å². The minimum atomic E-state index is -0.358. The summed E-state index contributed by atoms with van der Waals surface area (Å²) in [6.07, 6.45) is 3.60. The summed E-state index contributed by atoms with van der Waals surface area (Å²) in [5.41, 5.74) is 3.90. The van der Waals surface area contributed by atoms with Gasteiger partial charge in [0.2, 0.25) is 5.95 Å². The Morgan fingerprint density at radius 2 is 1.78 bits per heavy atom. The Kier molecular flexibility index (Phi) is 9.34. The molecule has 2 saturated heterocycles. The molecule has 0 radical (unpaired) electrons. The molecule has 6 rings (SSSR count). The lowest BCUT2D eigenvalue weighted by Crippen LogP contribution is -2.45. The lowest BCUT2D eigenvalue weighted by atomic mass is 9.94. The van der Waals surface area contributed by atoms with Gasteiger partial charge in [0.25, 0.3) is 0 Å². The fourth-order valence-corrected chi connectivity index (χ4v) is 6.11. The van der Waals surface area contributed by atoms with Gasteiger partial charge in [-0.15, -0.1) is 0 Å². The number of urea groups is 1. The van der Waals surface area contributed by atoms with Gasteiger partial charge in [-0.05, 0) is 43.8 Å². The number of methoxy groups -OCH3 is 1. The van der Waals surface area contributed by atoms with Crippen LogP contribution >= 0.6 is 0 Å². The second kappa shape index (κ2) is 13.7. The van der Waals surface area contributed by atoms with Crippen molar-refractivity contribution in [1.82, 2.24) is 34.9 Å². The third kappa shape index (κ3) is 6.98. The molecule has 0 aliphatic carbocycles. The fraction of sp³-hybridized carbons (Fsp3) is 0.394. The molecular formula is C33H40FN9O2. The van der Waals surface area contributed by atoms with Gasteiger partial charge < -0.3 is 19.9 Å². The Morgan fingerprint density at radius 1 is 1.02 bits per heavy atom. The number of likely N-dealkylation sites (tertiary alicyclic amines) is 1. The first kappa shape index (κ1) is 30.6. The number of halogens is 1. The molecule has 2 aromatic heterocycles. The Morgan fingerprint density at radius 3 is 2.49 bits per heavy atom. The van der Waals surface area contributed by atoms with Crippen LogP contribution in [0.5, 0.6) is 0 Å². The first-order chi connectivity index (χ1) is 21.9. The number of likely N-dealkylation sites (N-methyl/N-ethyl adjacent to an activating group) is 1. The quantitative estimate of drug-likeness (QED) is 0.294. The van der Waals surface area contributed by atoms with Crippen molar-refractivity contribution >= 4 is 17.8 Å². The second-order valence-corrected chi connectivity index (χ2v) is 11.8. The van der Waals surface area contributed by atoms with Crippen molar-refractivity contribution in [2.24, 2.45) is 0 Å². The van der Waals surface area contributed by atoms with Crippen molar-refractivity contribution in [3.63, 3.8) is 0 Å². The van der Waals surface area contributed by atoms with Gasteiger partial charge in [-0.25, -0.2) is 23.8 Å². The molecule has 0 saturated carbocycles. The number of ether oxygens (including phenoxy) is 1. The van der Waals surface area contributed by atoms with E-state index in [0.29, 0.717) is 37.2 Å². The van der Waals surface area contributed by atoms with Crippen LogP contribution in [-0.4, -0.2) is 108 Å². The molecule has 0 spiro atoms. The third-order valence-electron chi connectivity index (χ3n) is 8.65. The highest BCUT2D eigenvalue weighted by Crippen LogP contribution is 2.31. The summed E-state index contributed by atoms with van der Waals surface area (Å²) in [5, 5.41) is 11.2. The van der Waals surface area contributed by atoms with E-state index in [2.05, 4.69) is 42.3 Å². The van der Waals surface area contributed by atoms with Gasteiger partial charge in [0, 0.05) is 82.4 Å². The van der Waals surface area contributed by atoms with Crippen LogP contribution in [0.3, 0.4) is 0 Å². The molecule has 2 aliphatic rings. The number of benzene rings is 2. The number of aromatic nitrogens is 4. The van der Waals surface area contributed by atoms with E-state index in [-0.39, 0.29) is 23.8 Å². The number of carbonyl (C=O) groups is 1. The van der Waals surface area contributed by atoms with Gasteiger partial charge in [-0.3, -0.25) is 10.2 Å². The molecule has 45 heavy (non-hydrogen) atoms. The smallest absolute Gasteiger partial charge is 0.320 e. The van der Waals surface area contributed by atoms with E-state index in [9.17, 15) is 9.18 Å². The SMILES string of the molecule is COCCN1C[C@@H](NC(=O)Nc2c(C)c(-c3cnc(N4CCN(C)CC4)nc3)nn2-c2ccccc2)[C@H](c2cccc(F)c2)C1. The lowest BCUT2D eigenvalue weighted by Gasteiger charge is -2.32. The number of para-hydroxylation sites is 1. The molecule has 2 atom stereocenters. The van der Waals surface area contributed by atoms with Gasteiger partial charge in [-0.2, -0.15) is 5.10 Å². The number of hydrogen-bond acceptors (Lipinski definition) is 8. The Balaban J connectivity index is 1.25. The summed E-state index contributed by atoms with van der Waals surface area (Å²) in [6, 6.07) is 15.7. The molecule has 2 fully saturated rings. The zero-order valence-electron chi connectivity index (χ0n) is 26.0. The van der Waals surface area contributed by atoms with E-state index < -0.39 is 0 Å². The molecule has 0 unspecified atom stereocenters. The standard InChI is InChI=1S/C33H40FN9O2/c1-23-30(25-19-35-32(36-20-25)42-14-12-40(2)13-15-42)39-43(27-10-5-4-6-11-27)31(23)38-33(44)37-29-22-41(16-17-45-3)21-28(29)24-8-7-9-26(34)18-24/h4-11,18-20,28-29H,12-17,21-22H2,1-3H3,(H2,37,38,44)/t28-,29+/m0/s1. The van der Waals surface area contributed by atoms with Crippen LogP contribution in [0.4, 0.5) is 21.0 Å². The van der Waals surface area contributed by atoms with E-state index in [4.69, 9.17) is 9.84 Å². The highest BCUT2D eigenvalue weighted by Gasteiger charge is 2.35. The average Bonchev–Trinajstić information content (AvgIpc) is 3.61. The third-order valence-corrected chi connectivity index (χ3v) is 8.65. The number of hydrogen-bond donors (Lipinski definition) is 2. The molecule has 12 heteroatoms. The van der Waals surface area contributed by atoms with E-state index in [1.807, 2.05) is 43.3 Å². The van der Waals surface area contributed by atoms with Gasteiger partial charge in [0.1, 0.15) is 17.3 Å². The molecule has 4 aromatic rings. The van der Waals surface area contributed by atoms with Crippen LogP contribution in [0.2, 0.25) is 0 Å². The van der Waals surface area contributed by atoms with Crippen molar-refractivity contribution in [2.75, 3.05) is 76.8 Å². The predicted molar refractivity (Wildman–Crippen MR) is 172 cm³/mol. The Labute approximate surface area is 263 Å². The van der Waals surface area contributed by atoms with Gasteiger partial charge in [0.15, 0.2) is 0 Å². The van der Waals surface area contributed by atoms with E-state index in [0.717, 1.165) is 55.1 Å². The van der Waals surface area contributed by atoms with Crippen LogP contribution < -0.4 is 15.5 Å². The molecule has 2 aromatic carbocycles. The van der Waals surface area contributed by atoms with Crippen LogP contribution in [0.1, 0.15) is 17.0 Å². The van der Waals surface area contributed by atoms with E-state index in [1.54, 1.807) is 36.3 Å². The zero-order valence-corrected chi connectivity index (χ0v) is 26.0. The number of nitrogens with zero attached hydrogens (tertiary/aromatic N) is 7. The highest BCUT2D eigenvalue weighted by atomic mass is 19.1. The zero-order chi connectivity index (χ0) is 31.3. The normalized spacial score (nSPS) is 19.2. The summed E-state index contributed by atoms with van der Waals surface area (Å²) < 4.78 is 21.2. The number of rotatable bonds is 9. The minimum Gasteiger partial charge on any atom is -0.383 e. The van der Waals surface area contributed by atoms with Gasteiger partial charge >= 0.3 is 6.03 Å². The number of nitrogens with one attached hydrogen (secondary N) is 2. The predicted octanol–water partition coefficient (Wildman–Crippen LogP) is 3.76. The van der Waals surface area contributed by atoms with Crippen LogP contribution in [0.15, 0.2) is 67.0 Å². The summed E-state index contributed by atoms with van der Waals surface area (Å²) in [5.74, 6) is 0.888. The van der Waals surface area contributed by atoms with Gasteiger partial charge in [0.05, 0.1) is 18.3 Å². The number of carbonyl (C=O) groups excluding carboxylic acids is 1. The molecule has 2 aliphatic heterocycles. The molecule has 2 N–H and O–H groups in total. The van der Waals surface area contributed by atoms with Crippen molar-refractivity contribution in [1.29, 1.82) is 0 Å². The largest absolute Gasteiger partial charge is 0.383 e. The van der Waals surface area contributed by atoms with Crippen molar-refractivity contribution in [3.8, 4) is 16.9 Å². The van der Waals surface area contributed by atoms with Crippen molar-refractivity contribution < 1.29 is 13.9 Å². The molecule has 4 heterocycles. The van der Waals surface area contributed by atoms with Crippen LogP contribution in [0, 0.1) is 12.7 Å². The Hall–Kier alpha value is -4.39. The summed E-state index contributed by atoms with van der Waals surface area (Å²) in [7, 11) is 3.79. The molecule has 0 bridgehead atoms. The molecule has 11 nitrogen and oxygen atoms in total. The number of anilines is 2. The molecule has 236 valence electrons. The first-order valence-electron chi connectivity index (χ1n) is 15.3. The van der Waals surface area contributed by atoms with Crippen LogP contribution in [-0.2, 0) is 4.74 Å². The van der Waals surface area contributed by atoms with Crippen molar-refractivity contribution in [3.05, 3.63) is 83.9 Å². The van der Waals surface area contributed by atoms with Crippen molar-refractivity contribution in [2.45, 2.75) is 18.9 Å². The Bertz CT molecular complexity index is 1590. The monoisotopic (exact) mass is 613 g/mol. The highest BCUT2D eigenvalue weighted by molar-refractivity contribution is 5.91. The van der Waals surface area contributed by atoms with Gasteiger partial charge in [-0.1, -0.05) is 30.3 Å². The maximum Gasteiger partial charge on any atom is 0.320 e. The maximum absolute atomic E-state index is 14.2. The number of amides is 2. The lowest BCUT2D eigenvalue weighted by molar-refractivity contribution is 0.159. The minimum absolute atomic E-state index is 0.0741. The van der Waals surface area contributed by atoms with Crippen LogP contribution in [0.25, 0.3) is 16.9 Å². The molecule has 2 amide bonds. The average molecular weight is 614 g/mol. The maximum atomic E-state index is 14.2. The summed E-state index contributed by atoms with van der Waals surface area (Å²) in [4.78, 5) is 29.7. The topological polar surface area (TPSA) is 104 Å².